The second-order valence-corrected chi connectivity index (χ2v) is 7.29. The number of carbonyl (C=O) groups is 5. The number of benzene rings is 1. The number of ketones is 4. The fraction of sp³-hybridized carbons (Fsp3) is 0.375. The summed E-state index contributed by atoms with van der Waals surface area (Å²) in [6, 6.07) is 6.52. The SMILES string of the molecule is CCCC(=O)C(C(=O)OCC)C1=C(C(=O)c2ccc(C)cc2)C(=O)C(C)=C(C)C1=O. The van der Waals surface area contributed by atoms with Gasteiger partial charge >= 0.3 is 5.97 Å². The number of carbonyl (C=O) groups excluding carboxylic acids is 5. The van der Waals surface area contributed by atoms with Gasteiger partial charge in [-0.25, -0.2) is 0 Å². The van der Waals surface area contributed by atoms with E-state index in [-0.39, 0.29) is 35.3 Å². The molecule has 6 nitrogen and oxygen atoms in total. The zero-order valence-electron chi connectivity index (χ0n) is 18.0. The molecular weight excluding hydrogens is 384 g/mol. The first kappa shape index (κ1) is 23.1. The van der Waals surface area contributed by atoms with Crippen molar-refractivity contribution < 1.29 is 28.7 Å². The minimum absolute atomic E-state index is 0.000748. The smallest absolute Gasteiger partial charge is 0.321 e. The van der Waals surface area contributed by atoms with Gasteiger partial charge in [-0.3, -0.25) is 24.0 Å². The highest BCUT2D eigenvalue weighted by Gasteiger charge is 2.43. The molecule has 0 radical (unpaired) electrons. The number of rotatable bonds is 8. The van der Waals surface area contributed by atoms with E-state index in [1.807, 2.05) is 6.92 Å². The first-order valence-electron chi connectivity index (χ1n) is 9.97. The highest BCUT2D eigenvalue weighted by atomic mass is 16.5. The van der Waals surface area contributed by atoms with Crippen LogP contribution in [-0.4, -0.2) is 35.7 Å². The molecule has 1 aromatic carbocycles. The van der Waals surface area contributed by atoms with Crippen LogP contribution < -0.4 is 0 Å². The lowest BCUT2D eigenvalue weighted by atomic mass is 9.75. The molecule has 0 heterocycles. The molecular formula is C24H26O6. The van der Waals surface area contributed by atoms with Gasteiger partial charge in [-0.15, -0.1) is 0 Å². The molecule has 0 N–H and O–H groups in total. The van der Waals surface area contributed by atoms with Gasteiger partial charge < -0.3 is 4.74 Å². The molecule has 2 rings (SSSR count). The maximum Gasteiger partial charge on any atom is 0.321 e. The van der Waals surface area contributed by atoms with Crippen LogP contribution in [0.3, 0.4) is 0 Å². The van der Waals surface area contributed by atoms with Gasteiger partial charge in [0, 0.05) is 28.7 Å². The molecule has 0 spiro atoms. The van der Waals surface area contributed by atoms with Crippen LogP contribution in [-0.2, 0) is 23.9 Å². The predicted octanol–water partition coefficient (Wildman–Crippen LogP) is 3.51. The Labute approximate surface area is 176 Å². The largest absolute Gasteiger partial charge is 0.465 e. The number of hydrogen-bond donors (Lipinski definition) is 0. The van der Waals surface area contributed by atoms with Crippen molar-refractivity contribution in [1.29, 1.82) is 0 Å². The number of aryl methyl sites for hydroxylation is 1. The van der Waals surface area contributed by atoms with E-state index in [0.717, 1.165) is 5.56 Å². The summed E-state index contributed by atoms with van der Waals surface area (Å²) in [5.41, 5.74) is 0.576. The van der Waals surface area contributed by atoms with Gasteiger partial charge in [-0.1, -0.05) is 36.8 Å². The van der Waals surface area contributed by atoms with Crippen LogP contribution in [0.1, 0.15) is 56.5 Å². The summed E-state index contributed by atoms with van der Waals surface area (Å²) in [6.45, 7) is 8.10. The van der Waals surface area contributed by atoms with Crippen molar-refractivity contribution in [1.82, 2.24) is 0 Å². The zero-order chi connectivity index (χ0) is 22.6. The van der Waals surface area contributed by atoms with Crippen molar-refractivity contribution in [3.63, 3.8) is 0 Å². The van der Waals surface area contributed by atoms with E-state index in [4.69, 9.17) is 4.74 Å². The van der Waals surface area contributed by atoms with Gasteiger partial charge in [0.2, 0.25) is 0 Å². The van der Waals surface area contributed by atoms with Crippen LogP contribution in [0.2, 0.25) is 0 Å². The van der Waals surface area contributed by atoms with Crippen molar-refractivity contribution in [2.24, 2.45) is 5.92 Å². The topological polar surface area (TPSA) is 94.6 Å². The monoisotopic (exact) mass is 410 g/mol. The molecule has 1 aromatic rings. The normalized spacial score (nSPS) is 15.4. The van der Waals surface area contributed by atoms with E-state index in [9.17, 15) is 24.0 Å². The fourth-order valence-corrected chi connectivity index (χ4v) is 3.34. The van der Waals surface area contributed by atoms with E-state index < -0.39 is 40.6 Å². The lowest BCUT2D eigenvalue weighted by Gasteiger charge is -2.24. The molecule has 1 unspecified atom stereocenters. The van der Waals surface area contributed by atoms with Crippen molar-refractivity contribution in [3.05, 3.63) is 57.7 Å². The third-order valence-corrected chi connectivity index (χ3v) is 5.15. The van der Waals surface area contributed by atoms with Gasteiger partial charge in [0.1, 0.15) is 5.92 Å². The number of esters is 1. The number of ether oxygens (including phenoxy) is 1. The van der Waals surface area contributed by atoms with Gasteiger partial charge in [0.15, 0.2) is 23.1 Å². The highest BCUT2D eigenvalue weighted by Crippen LogP contribution is 2.33. The minimum atomic E-state index is -1.60. The molecule has 1 aliphatic rings. The van der Waals surface area contributed by atoms with Crippen molar-refractivity contribution >= 4 is 29.1 Å². The molecule has 0 fully saturated rings. The minimum Gasteiger partial charge on any atom is -0.465 e. The van der Waals surface area contributed by atoms with Gasteiger partial charge in [-0.2, -0.15) is 0 Å². The third-order valence-electron chi connectivity index (χ3n) is 5.15. The van der Waals surface area contributed by atoms with Crippen molar-refractivity contribution in [2.75, 3.05) is 6.61 Å². The highest BCUT2D eigenvalue weighted by molar-refractivity contribution is 6.39. The molecule has 1 atom stereocenters. The first-order valence-corrected chi connectivity index (χ1v) is 9.97. The Morgan fingerprint density at radius 1 is 0.900 bits per heavy atom. The van der Waals surface area contributed by atoms with Crippen molar-refractivity contribution in [3.8, 4) is 0 Å². The molecule has 0 saturated heterocycles. The van der Waals surface area contributed by atoms with E-state index in [1.54, 1.807) is 38.1 Å². The van der Waals surface area contributed by atoms with E-state index in [2.05, 4.69) is 0 Å². The second-order valence-electron chi connectivity index (χ2n) is 7.29. The average molecular weight is 410 g/mol. The van der Waals surface area contributed by atoms with E-state index >= 15 is 0 Å². The maximum absolute atomic E-state index is 13.3. The van der Waals surface area contributed by atoms with Crippen LogP contribution in [0.4, 0.5) is 0 Å². The first-order chi connectivity index (χ1) is 14.1. The van der Waals surface area contributed by atoms with Gasteiger partial charge in [0.05, 0.1) is 12.2 Å². The number of allylic oxidation sites excluding steroid dienone is 3. The Hall–Kier alpha value is -3.15. The summed E-state index contributed by atoms with van der Waals surface area (Å²) >= 11 is 0. The Morgan fingerprint density at radius 2 is 1.47 bits per heavy atom. The van der Waals surface area contributed by atoms with Crippen LogP contribution >= 0.6 is 0 Å². The van der Waals surface area contributed by atoms with Crippen molar-refractivity contribution in [2.45, 2.75) is 47.5 Å². The summed E-state index contributed by atoms with van der Waals surface area (Å²) < 4.78 is 5.04. The lowest BCUT2D eigenvalue weighted by molar-refractivity contribution is -0.150. The molecule has 30 heavy (non-hydrogen) atoms. The quantitative estimate of drug-likeness (QED) is 0.214. The molecule has 0 aliphatic heterocycles. The Morgan fingerprint density at radius 3 is 2.00 bits per heavy atom. The van der Waals surface area contributed by atoms with Gasteiger partial charge in [-0.05, 0) is 34.1 Å². The van der Waals surface area contributed by atoms with Crippen LogP contribution in [0.15, 0.2) is 46.6 Å². The summed E-state index contributed by atoms with van der Waals surface area (Å²) in [4.78, 5) is 65.0. The Balaban J connectivity index is 2.78. The molecule has 0 aromatic heterocycles. The zero-order valence-corrected chi connectivity index (χ0v) is 18.0. The van der Waals surface area contributed by atoms with E-state index in [1.165, 1.54) is 13.8 Å². The molecule has 6 heteroatoms. The number of Topliss-reactive ketones (excluding diaryl/α,β-unsaturated/α-hetero) is 4. The predicted molar refractivity (Wildman–Crippen MR) is 111 cm³/mol. The summed E-state index contributed by atoms with van der Waals surface area (Å²) in [5, 5.41) is 0. The third kappa shape index (κ3) is 4.37. The molecule has 158 valence electrons. The second kappa shape index (κ2) is 9.57. The average Bonchev–Trinajstić information content (AvgIpc) is 2.71. The van der Waals surface area contributed by atoms with Crippen LogP contribution in [0, 0.1) is 12.8 Å². The van der Waals surface area contributed by atoms with Crippen LogP contribution in [0.5, 0.6) is 0 Å². The Bertz CT molecular complexity index is 957. The fourth-order valence-electron chi connectivity index (χ4n) is 3.34. The molecule has 0 saturated carbocycles. The summed E-state index contributed by atoms with van der Waals surface area (Å²) in [7, 11) is 0. The molecule has 1 aliphatic carbocycles. The van der Waals surface area contributed by atoms with E-state index in [0.29, 0.717) is 6.42 Å². The Kier molecular flexibility index (Phi) is 7.38. The van der Waals surface area contributed by atoms with Gasteiger partial charge in [0.25, 0.3) is 0 Å². The maximum atomic E-state index is 13.3. The summed E-state index contributed by atoms with van der Waals surface area (Å²) in [6.07, 6.45) is 0.460. The molecule has 0 bridgehead atoms. The van der Waals surface area contributed by atoms with Crippen LogP contribution in [0.25, 0.3) is 0 Å². The lowest BCUT2D eigenvalue weighted by Crippen LogP contribution is -2.37. The summed E-state index contributed by atoms with van der Waals surface area (Å²) in [5.74, 6) is -5.05. The number of hydrogen-bond acceptors (Lipinski definition) is 6. The standard InChI is InChI=1S/C24H26O6/c1-6-8-17(25)18(24(29)30-7-2)19-20(22(27)15(5)14(4)21(19)26)23(28)16-11-9-13(3)10-12-16/h9-12,18H,6-8H2,1-5H3. The molecule has 0 amide bonds.